The summed E-state index contributed by atoms with van der Waals surface area (Å²) >= 11 is 0. The Balaban J connectivity index is 0.000000211. The lowest BCUT2D eigenvalue weighted by atomic mass is 10.2. The zero-order valence-corrected chi connectivity index (χ0v) is 23.4. The van der Waals surface area contributed by atoms with Gasteiger partial charge in [0.1, 0.15) is 0 Å². The molecule has 2 saturated heterocycles. The minimum Gasteiger partial charge on any atom is -0.379 e. The van der Waals surface area contributed by atoms with Crippen LogP contribution in [0.15, 0.2) is 58.3 Å². The number of rotatable bonds is 12. The van der Waals surface area contributed by atoms with E-state index in [0.717, 1.165) is 24.0 Å². The Kier molecular flexibility index (Phi) is 12.1. The van der Waals surface area contributed by atoms with E-state index in [-0.39, 0.29) is 48.4 Å². The molecule has 2 aliphatic rings. The first-order valence-corrected chi connectivity index (χ1v) is 15.3. The van der Waals surface area contributed by atoms with Gasteiger partial charge in [-0.15, -0.1) is 0 Å². The lowest BCUT2D eigenvalue weighted by molar-refractivity contribution is 0.0275. The Morgan fingerprint density at radius 3 is 1.32 bits per heavy atom. The Morgan fingerprint density at radius 1 is 0.632 bits per heavy atom. The van der Waals surface area contributed by atoms with E-state index in [1.54, 1.807) is 24.3 Å². The minimum absolute atomic E-state index is 0.0205. The summed E-state index contributed by atoms with van der Waals surface area (Å²) in [5.74, 6) is 0. The average Bonchev–Trinajstić information content (AvgIpc) is 3.60. The van der Waals surface area contributed by atoms with Gasteiger partial charge in [0.15, 0.2) is 0 Å². The molecule has 38 heavy (non-hydrogen) atoms. The zero-order chi connectivity index (χ0) is 27.4. The van der Waals surface area contributed by atoms with Crippen LogP contribution in [-0.4, -0.2) is 81.9 Å². The molecule has 0 aromatic heterocycles. The van der Waals surface area contributed by atoms with E-state index < -0.39 is 20.2 Å². The Morgan fingerprint density at radius 2 is 1.00 bits per heavy atom. The van der Waals surface area contributed by atoms with Crippen molar-refractivity contribution < 1.29 is 44.1 Å². The van der Waals surface area contributed by atoms with E-state index in [1.807, 2.05) is 13.8 Å². The molecular weight excluding hydrogens is 536 g/mol. The van der Waals surface area contributed by atoms with Crippen molar-refractivity contribution in [1.29, 1.82) is 0 Å². The highest BCUT2D eigenvalue weighted by molar-refractivity contribution is 7.87. The molecule has 0 saturated carbocycles. The highest BCUT2D eigenvalue weighted by Gasteiger charge is 2.19. The van der Waals surface area contributed by atoms with Crippen molar-refractivity contribution in [3.63, 3.8) is 0 Å². The number of hydrogen-bond acceptors (Lipinski definition) is 10. The molecule has 2 fully saturated rings. The molecule has 2 aliphatic heterocycles. The molecule has 2 atom stereocenters. The maximum Gasteiger partial charge on any atom is 0.297 e. The summed E-state index contributed by atoms with van der Waals surface area (Å²) in [6.07, 6.45) is 1.83. The summed E-state index contributed by atoms with van der Waals surface area (Å²) in [5, 5.41) is 0. The van der Waals surface area contributed by atoms with Crippen molar-refractivity contribution >= 4 is 20.2 Å². The molecule has 12 heteroatoms. The van der Waals surface area contributed by atoms with Crippen molar-refractivity contribution in [2.75, 3.05) is 52.9 Å². The molecule has 0 amide bonds. The number of aryl methyl sites for hydroxylation is 2. The Bertz CT molecular complexity index is 1070. The molecular formula is C26H36O10S2. The Hall–Kier alpha value is -1.90. The van der Waals surface area contributed by atoms with Gasteiger partial charge in [0.25, 0.3) is 20.2 Å². The van der Waals surface area contributed by atoms with Crippen LogP contribution in [0.4, 0.5) is 0 Å². The topological polar surface area (TPSA) is 124 Å². The van der Waals surface area contributed by atoms with Gasteiger partial charge < -0.3 is 18.9 Å². The monoisotopic (exact) mass is 572 g/mol. The van der Waals surface area contributed by atoms with E-state index >= 15 is 0 Å². The van der Waals surface area contributed by atoms with Crippen LogP contribution in [-0.2, 0) is 47.5 Å². The molecule has 4 rings (SSSR count). The molecule has 2 heterocycles. The first kappa shape index (κ1) is 30.6. The van der Waals surface area contributed by atoms with E-state index in [0.29, 0.717) is 26.4 Å². The Labute approximate surface area is 225 Å². The fourth-order valence-electron chi connectivity index (χ4n) is 3.55. The number of ether oxygens (including phenoxy) is 4. The van der Waals surface area contributed by atoms with Gasteiger partial charge in [-0.2, -0.15) is 16.8 Å². The molecule has 0 spiro atoms. The summed E-state index contributed by atoms with van der Waals surface area (Å²) in [6, 6.07) is 13.1. The lowest BCUT2D eigenvalue weighted by Crippen LogP contribution is -2.18. The summed E-state index contributed by atoms with van der Waals surface area (Å²) in [4.78, 5) is 0.338. The second-order valence-electron chi connectivity index (χ2n) is 8.89. The average molecular weight is 573 g/mol. The summed E-state index contributed by atoms with van der Waals surface area (Å²) in [5.41, 5.74) is 2.01. The van der Waals surface area contributed by atoms with Gasteiger partial charge in [0.05, 0.1) is 61.6 Å². The highest BCUT2D eigenvalue weighted by atomic mass is 32.2. The van der Waals surface area contributed by atoms with Crippen molar-refractivity contribution in [3.8, 4) is 0 Å². The normalized spacial score (nSPS) is 19.7. The third-order valence-electron chi connectivity index (χ3n) is 5.75. The zero-order valence-electron chi connectivity index (χ0n) is 21.7. The van der Waals surface area contributed by atoms with Crippen LogP contribution in [0.1, 0.15) is 24.0 Å². The molecule has 212 valence electrons. The standard InChI is InChI=1S/2C13H18O5S/c2*1-11-2-4-13(5-3-11)19(14,15)18-9-8-17-12-6-7-16-10-12/h2*2-5,12H,6-10H2,1H3. The second-order valence-corrected chi connectivity index (χ2v) is 12.1. The second kappa shape index (κ2) is 15.0. The SMILES string of the molecule is Cc1ccc(S(=O)(=O)OCCOC2CCOC2)cc1.Cc1ccc(S(=O)(=O)OCCOC2CCOC2)cc1. The predicted octanol–water partition coefficient (Wildman–Crippen LogP) is 3.01. The maximum absolute atomic E-state index is 11.8. The fourth-order valence-corrected chi connectivity index (χ4v) is 5.34. The summed E-state index contributed by atoms with van der Waals surface area (Å²) in [6.45, 7) is 6.89. The van der Waals surface area contributed by atoms with E-state index in [2.05, 4.69) is 0 Å². The van der Waals surface area contributed by atoms with Crippen LogP contribution in [0, 0.1) is 13.8 Å². The van der Waals surface area contributed by atoms with Gasteiger partial charge in [-0.25, -0.2) is 0 Å². The molecule has 0 aliphatic carbocycles. The van der Waals surface area contributed by atoms with Crippen LogP contribution in [0.2, 0.25) is 0 Å². The maximum atomic E-state index is 11.8. The third-order valence-corrected chi connectivity index (χ3v) is 8.40. The van der Waals surface area contributed by atoms with Gasteiger partial charge in [0.2, 0.25) is 0 Å². The predicted molar refractivity (Wildman–Crippen MR) is 139 cm³/mol. The van der Waals surface area contributed by atoms with Gasteiger partial charge >= 0.3 is 0 Å². The van der Waals surface area contributed by atoms with E-state index in [4.69, 9.17) is 27.3 Å². The first-order chi connectivity index (χ1) is 18.2. The van der Waals surface area contributed by atoms with Crippen LogP contribution < -0.4 is 0 Å². The van der Waals surface area contributed by atoms with Crippen molar-refractivity contribution in [1.82, 2.24) is 0 Å². The van der Waals surface area contributed by atoms with Crippen molar-refractivity contribution in [2.24, 2.45) is 0 Å². The third kappa shape index (κ3) is 10.3. The first-order valence-electron chi connectivity index (χ1n) is 12.5. The summed E-state index contributed by atoms with van der Waals surface area (Å²) < 4.78 is 78.4. The van der Waals surface area contributed by atoms with Gasteiger partial charge in [-0.1, -0.05) is 35.4 Å². The van der Waals surface area contributed by atoms with Gasteiger partial charge in [0, 0.05) is 13.2 Å². The number of hydrogen-bond donors (Lipinski definition) is 0. The smallest absolute Gasteiger partial charge is 0.297 e. The minimum atomic E-state index is -3.68. The quantitative estimate of drug-likeness (QED) is 0.277. The molecule has 0 radical (unpaired) electrons. The van der Waals surface area contributed by atoms with E-state index in [1.165, 1.54) is 24.3 Å². The van der Waals surface area contributed by atoms with Crippen LogP contribution in [0.5, 0.6) is 0 Å². The largest absolute Gasteiger partial charge is 0.379 e. The number of benzene rings is 2. The molecule has 0 bridgehead atoms. The van der Waals surface area contributed by atoms with Crippen LogP contribution in [0.3, 0.4) is 0 Å². The van der Waals surface area contributed by atoms with Crippen molar-refractivity contribution in [3.05, 3.63) is 59.7 Å². The van der Waals surface area contributed by atoms with Crippen LogP contribution in [0.25, 0.3) is 0 Å². The van der Waals surface area contributed by atoms with Gasteiger partial charge in [-0.05, 0) is 51.0 Å². The highest BCUT2D eigenvalue weighted by Crippen LogP contribution is 2.15. The van der Waals surface area contributed by atoms with Crippen molar-refractivity contribution in [2.45, 2.75) is 48.7 Å². The molecule has 2 unspecified atom stereocenters. The lowest BCUT2D eigenvalue weighted by Gasteiger charge is -2.10. The molecule has 0 N–H and O–H groups in total. The van der Waals surface area contributed by atoms with E-state index in [9.17, 15) is 16.8 Å². The molecule has 2 aromatic carbocycles. The summed E-state index contributed by atoms with van der Waals surface area (Å²) in [7, 11) is -7.37. The molecule has 10 nitrogen and oxygen atoms in total. The van der Waals surface area contributed by atoms with Crippen LogP contribution >= 0.6 is 0 Å². The van der Waals surface area contributed by atoms with Gasteiger partial charge in [-0.3, -0.25) is 8.37 Å². The molecule has 2 aromatic rings. The fraction of sp³-hybridized carbons (Fsp3) is 0.538.